The summed E-state index contributed by atoms with van der Waals surface area (Å²) in [5.41, 5.74) is 1.57. The van der Waals surface area contributed by atoms with Crippen molar-refractivity contribution in [3.63, 3.8) is 0 Å². The maximum absolute atomic E-state index is 13.4. The predicted molar refractivity (Wildman–Crippen MR) is 134 cm³/mol. The van der Waals surface area contributed by atoms with Crippen LogP contribution in [0, 0.1) is 13.8 Å². The molecule has 182 valence electrons. The minimum Gasteiger partial charge on any atom is -0.507 e. The summed E-state index contributed by atoms with van der Waals surface area (Å²) in [4.78, 5) is 33.5. The van der Waals surface area contributed by atoms with Crippen molar-refractivity contribution in [3.8, 4) is 17.2 Å². The van der Waals surface area contributed by atoms with E-state index in [2.05, 4.69) is 4.98 Å². The summed E-state index contributed by atoms with van der Waals surface area (Å²) in [6.45, 7) is 6.11. The predicted octanol–water partition coefficient (Wildman–Crippen LogP) is 4.80. The summed E-state index contributed by atoms with van der Waals surface area (Å²) < 4.78 is 16.6. The molecule has 2 aromatic carbocycles. The number of ether oxygens (including phenoxy) is 3. The third kappa shape index (κ3) is 4.23. The van der Waals surface area contributed by atoms with Crippen LogP contribution in [0.5, 0.6) is 17.2 Å². The molecule has 1 amide bonds. The van der Waals surface area contributed by atoms with Crippen LogP contribution >= 0.6 is 11.3 Å². The largest absolute Gasteiger partial charge is 0.507 e. The van der Waals surface area contributed by atoms with Gasteiger partial charge in [-0.3, -0.25) is 14.5 Å². The quantitative estimate of drug-likeness (QED) is 0.286. The second kappa shape index (κ2) is 9.79. The first kappa shape index (κ1) is 24.3. The lowest BCUT2D eigenvalue weighted by Crippen LogP contribution is -2.29. The number of aliphatic hydroxyl groups excluding tert-OH is 1. The molecule has 3 aromatic rings. The molecule has 1 aromatic heterocycles. The Morgan fingerprint density at radius 3 is 2.37 bits per heavy atom. The topological polar surface area (TPSA) is 98.2 Å². The third-order valence-corrected chi connectivity index (χ3v) is 6.91. The van der Waals surface area contributed by atoms with Crippen LogP contribution in [0.3, 0.4) is 0 Å². The number of para-hydroxylation sites is 1. The van der Waals surface area contributed by atoms with Gasteiger partial charge in [-0.2, -0.15) is 0 Å². The molecule has 1 atom stereocenters. The number of thiazole rings is 1. The monoisotopic (exact) mass is 494 g/mol. The van der Waals surface area contributed by atoms with Crippen LogP contribution < -0.4 is 19.1 Å². The summed E-state index contributed by atoms with van der Waals surface area (Å²) in [6.07, 6.45) is 0. The van der Waals surface area contributed by atoms with Crippen molar-refractivity contribution in [2.24, 2.45) is 0 Å². The van der Waals surface area contributed by atoms with E-state index in [0.717, 1.165) is 10.6 Å². The second-order valence-corrected chi connectivity index (χ2v) is 9.03. The summed E-state index contributed by atoms with van der Waals surface area (Å²) in [5, 5.41) is 11.7. The third-order valence-electron chi connectivity index (χ3n) is 5.83. The molecule has 1 aliphatic rings. The van der Waals surface area contributed by atoms with E-state index in [1.54, 1.807) is 42.5 Å². The number of aromatic nitrogens is 1. The molecule has 1 N–H and O–H groups in total. The van der Waals surface area contributed by atoms with Crippen molar-refractivity contribution < 1.29 is 28.9 Å². The Labute approximate surface area is 207 Å². The molecule has 0 bridgehead atoms. The number of carbonyl (C=O) groups excluding carboxylic acids is 2. The normalized spacial score (nSPS) is 17.1. The molecule has 0 spiro atoms. The SMILES string of the molecule is CCOc1ccc(C(O)=C2C(=O)C(=O)N(c3nc(C)c(C)s3)C2c2cccc(OC)c2OC)cc1. The summed E-state index contributed by atoms with van der Waals surface area (Å²) in [7, 11) is 2.99. The fraction of sp³-hybridized carbons (Fsp3) is 0.269. The van der Waals surface area contributed by atoms with Crippen molar-refractivity contribution in [2.75, 3.05) is 25.7 Å². The first-order valence-electron chi connectivity index (χ1n) is 11.0. The number of hydrogen-bond donors (Lipinski definition) is 1. The van der Waals surface area contributed by atoms with Gasteiger partial charge >= 0.3 is 5.91 Å². The number of nitrogens with zero attached hydrogens (tertiary/aromatic N) is 2. The van der Waals surface area contributed by atoms with Crippen molar-refractivity contribution in [3.05, 3.63) is 69.7 Å². The van der Waals surface area contributed by atoms with Crippen LogP contribution in [-0.4, -0.2) is 42.6 Å². The highest BCUT2D eigenvalue weighted by atomic mass is 32.1. The fourth-order valence-corrected chi connectivity index (χ4v) is 4.98. The Morgan fingerprint density at radius 1 is 1.09 bits per heavy atom. The molecule has 0 radical (unpaired) electrons. The Kier molecular flexibility index (Phi) is 6.79. The van der Waals surface area contributed by atoms with E-state index in [1.807, 2.05) is 20.8 Å². The molecule has 0 saturated carbocycles. The molecule has 1 fully saturated rings. The van der Waals surface area contributed by atoms with Crippen molar-refractivity contribution in [1.82, 2.24) is 4.98 Å². The number of amides is 1. The number of Topliss-reactive ketones (excluding diaryl/α,β-unsaturated/α-hetero) is 1. The lowest BCUT2D eigenvalue weighted by atomic mass is 9.94. The molecular weight excluding hydrogens is 468 g/mol. The van der Waals surface area contributed by atoms with E-state index in [0.29, 0.717) is 40.1 Å². The van der Waals surface area contributed by atoms with Gasteiger partial charge in [-0.25, -0.2) is 4.98 Å². The first-order chi connectivity index (χ1) is 16.8. The summed E-state index contributed by atoms with van der Waals surface area (Å²) in [6, 6.07) is 10.9. The van der Waals surface area contributed by atoms with Crippen LogP contribution in [0.1, 0.15) is 34.7 Å². The number of methoxy groups -OCH3 is 2. The average molecular weight is 495 g/mol. The number of rotatable bonds is 7. The van der Waals surface area contributed by atoms with E-state index in [1.165, 1.54) is 30.5 Å². The number of anilines is 1. The molecular formula is C26H26N2O6S. The van der Waals surface area contributed by atoms with E-state index in [4.69, 9.17) is 14.2 Å². The molecule has 1 saturated heterocycles. The first-order valence-corrected chi connectivity index (χ1v) is 11.8. The van der Waals surface area contributed by atoms with Gasteiger partial charge in [0.2, 0.25) is 0 Å². The van der Waals surface area contributed by atoms with Crippen LogP contribution in [-0.2, 0) is 9.59 Å². The van der Waals surface area contributed by atoms with Gasteiger partial charge in [-0.1, -0.05) is 12.1 Å². The smallest absolute Gasteiger partial charge is 0.301 e. The molecule has 0 aliphatic carbocycles. The highest BCUT2D eigenvalue weighted by Gasteiger charge is 2.49. The van der Waals surface area contributed by atoms with Gasteiger partial charge in [0.1, 0.15) is 17.6 Å². The molecule has 35 heavy (non-hydrogen) atoms. The zero-order valence-electron chi connectivity index (χ0n) is 20.1. The number of aliphatic hydroxyl groups is 1. The molecule has 2 heterocycles. The second-order valence-electron chi connectivity index (χ2n) is 7.85. The number of benzene rings is 2. The van der Waals surface area contributed by atoms with Gasteiger partial charge in [0, 0.05) is 16.0 Å². The highest BCUT2D eigenvalue weighted by Crippen LogP contribution is 2.48. The zero-order valence-corrected chi connectivity index (χ0v) is 20.9. The summed E-state index contributed by atoms with van der Waals surface area (Å²) >= 11 is 1.31. The molecule has 1 unspecified atom stereocenters. The van der Waals surface area contributed by atoms with Gasteiger partial charge in [0.25, 0.3) is 5.78 Å². The van der Waals surface area contributed by atoms with Gasteiger partial charge in [-0.15, -0.1) is 11.3 Å². The molecule has 4 rings (SSSR count). The maximum atomic E-state index is 13.4. The molecule has 1 aliphatic heterocycles. The van der Waals surface area contributed by atoms with Gasteiger partial charge in [-0.05, 0) is 51.1 Å². The van der Waals surface area contributed by atoms with Gasteiger partial charge < -0.3 is 19.3 Å². The van der Waals surface area contributed by atoms with Gasteiger partial charge in [0.15, 0.2) is 16.6 Å². The fourth-order valence-electron chi connectivity index (χ4n) is 4.04. The Morgan fingerprint density at radius 2 is 1.80 bits per heavy atom. The molecule has 8 nitrogen and oxygen atoms in total. The lowest BCUT2D eigenvalue weighted by molar-refractivity contribution is -0.132. The van der Waals surface area contributed by atoms with Crippen molar-refractivity contribution >= 4 is 33.9 Å². The number of ketones is 1. The van der Waals surface area contributed by atoms with Crippen LogP contribution in [0.25, 0.3) is 5.76 Å². The van der Waals surface area contributed by atoms with Crippen LogP contribution in [0.2, 0.25) is 0 Å². The number of hydrogen-bond acceptors (Lipinski definition) is 8. The number of carbonyl (C=O) groups is 2. The van der Waals surface area contributed by atoms with Gasteiger partial charge in [0.05, 0.1) is 32.1 Å². The van der Waals surface area contributed by atoms with Crippen molar-refractivity contribution in [2.45, 2.75) is 26.8 Å². The van der Waals surface area contributed by atoms with E-state index >= 15 is 0 Å². The Hall–Kier alpha value is -3.85. The minimum atomic E-state index is -0.975. The van der Waals surface area contributed by atoms with Crippen LogP contribution in [0.4, 0.5) is 5.13 Å². The number of aryl methyl sites for hydroxylation is 2. The van der Waals surface area contributed by atoms with Crippen LogP contribution in [0.15, 0.2) is 48.0 Å². The standard InChI is InChI=1S/C26H26N2O6S/c1-6-34-17-12-10-16(11-13-17)22(29)20-21(18-8-7-9-19(32-4)24(18)33-5)28(25(31)23(20)30)26-27-14(2)15(3)35-26/h7-13,21,29H,6H2,1-5H3. The molecule has 9 heteroatoms. The van der Waals surface area contributed by atoms with E-state index < -0.39 is 17.7 Å². The Bertz CT molecular complexity index is 1290. The van der Waals surface area contributed by atoms with E-state index in [-0.39, 0.29) is 11.3 Å². The Balaban J connectivity index is 1.97. The van der Waals surface area contributed by atoms with Crippen molar-refractivity contribution in [1.29, 1.82) is 0 Å². The summed E-state index contributed by atoms with van der Waals surface area (Å²) in [5.74, 6) is -0.464. The average Bonchev–Trinajstić information content (AvgIpc) is 3.33. The maximum Gasteiger partial charge on any atom is 0.301 e. The highest BCUT2D eigenvalue weighted by molar-refractivity contribution is 7.16. The zero-order chi connectivity index (χ0) is 25.3. The van der Waals surface area contributed by atoms with E-state index in [9.17, 15) is 14.7 Å². The lowest BCUT2D eigenvalue weighted by Gasteiger charge is -2.25. The minimum absolute atomic E-state index is 0.0591.